The van der Waals surface area contributed by atoms with E-state index in [0.29, 0.717) is 12.8 Å². The van der Waals surface area contributed by atoms with Crippen molar-refractivity contribution < 1.29 is 14.7 Å². The number of hydrogen-bond donors (Lipinski definition) is 2. The number of carboxylic acids is 1. The van der Waals surface area contributed by atoms with E-state index in [1.54, 1.807) is 0 Å². The molecule has 0 aliphatic carbocycles. The molecule has 5 nitrogen and oxygen atoms in total. The zero-order chi connectivity index (χ0) is 10.4. The summed E-state index contributed by atoms with van der Waals surface area (Å²) in [6, 6.07) is 3.79. The van der Waals surface area contributed by atoms with Crippen LogP contribution in [0.5, 0.6) is 0 Å². The zero-order valence-electron chi connectivity index (χ0n) is 7.34. The summed E-state index contributed by atoms with van der Waals surface area (Å²) in [6.07, 6.45) is 0.706. The molecule has 1 rings (SSSR count). The maximum Gasteiger partial charge on any atom is 0.350 e. The van der Waals surface area contributed by atoms with Gasteiger partial charge in [-0.3, -0.25) is 0 Å². The summed E-state index contributed by atoms with van der Waals surface area (Å²) in [7, 11) is 0. The van der Waals surface area contributed by atoms with Crippen LogP contribution in [-0.2, 0) is 22.8 Å². The van der Waals surface area contributed by atoms with Crippen molar-refractivity contribution in [3.63, 3.8) is 0 Å². The molecule has 0 fully saturated rings. The second-order valence-electron chi connectivity index (χ2n) is 2.42. The zero-order valence-corrected chi connectivity index (χ0v) is 8.16. The Morgan fingerprint density at radius 3 is 2.93 bits per heavy atom. The van der Waals surface area contributed by atoms with Crippen LogP contribution in [0, 0.1) is 0 Å². The summed E-state index contributed by atoms with van der Waals surface area (Å²) in [5, 5.41) is 11.5. The minimum Gasteiger partial charge on any atom is -0.477 e. The van der Waals surface area contributed by atoms with Crippen LogP contribution in [0.15, 0.2) is 17.3 Å². The first-order valence-corrected chi connectivity index (χ1v) is 4.70. The molecule has 1 aromatic rings. The van der Waals surface area contributed by atoms with Gasteiger partial charge in [0.15, 0.2) is 12.8 Å². The van der Waals surface area contributed by atoms with Crippen LogP contribution in [0.3, 0.4) is 0 Å². The Balaban J connectivity index is 2.34. The van der Waals surface area contributed by atoms with Gasteiger partial charge in [-0.25, -0.2) is 4.79 Å². The first-order chi connectivity index (χ1) is 6.72. The van der Waals surface area contributed by atoms with Gasteiger partial charge in [-0.1, -0.05) is 5.16 Å². The number of rotatable bonds is 5. The van der Waals surface area contributed by atoms with E-state index < -0.39 is 5.97 Å². The van der Waals surface area contributed by atoms with Gasteiger partial charge < -0.3 is 15.7 Å². The molecule has 0 amide bonds. The molecule has 0 saturated carbocycles. The molecule has 0 unspecified atom stereocenters. The Bertz CT molecular complexity index is 335. The minimum atomic E-state index is -1.13. The fourth-order valence-corrected chi connectivity index (χ4v) is 1.60. The number of nitrogens with two attached hydrogens (primary N) is 1. The second kappa shape index (κ2) is 5.36. The quantitative estimate of drug-likeness (QED) is 0.560. The summed E-state index contributed by atoms with van der Waals surface area (Å²) in [5.41, 5.74) is 5.42. The molecule has 0 aliphatic heterocycles. The van der Waals surface area contributed by atoms with E-state index in [2.05, 4.69) is 5.16 Å². The van der Waals surface area contributed by atoms with Crippen LogP contribution in [0.1, 0.15) is 9.75 Å². The predicted molar refractivity (Wildman–Crippen MR) is 53.1 cm³/mol. The molecule has 0 saturated heterocycles. The minimum absolute atomic E-state index is 0.272. The summed E-state index contributed by atoms with van der Waals surface area (Å²) < 4.78 is 0. The summed E-state index contributed by atoms with van der Waals surface area (Å²) in [6.45, 7) is 0.775. The van der Waals surface area contributed by atoms with Crippen molar-refractivity contribution in [2.75, 3.05) is 0 Å². The fourth-order valence-electron chi connectivity index (χ4n) is 0.793. The topological polar surface area (TPSA) is 84.9 Å². The van der Waals surface area contributed by atoms with Gasteiger partial charge in [0.1, 0.15) is 0 Å². The average molecular weight is 214 g/mol. The van der Waals surface area contributed by atoms with Crippen molar-refractivity contribution in [2.24, 2.45) is 10.9 Å². The molecule has 0 spiro atoms. The number of hydrogen-bond acceptors (Lipinski definition) is 5. The van der Waals surface area contributed by atoms with Crippen LogP contribution >= 0.6 is 11.3 Å². The summed E-state index contributed by atoms with van der Waals surface area (Å²) >= 11 is 1.52. The lowest BCUT2D eigenvalue weighted by Crippen LogP contribution is -1.95. The fraction of sp³-hybridized carbons (Fsp3) is 0.250. The normalized spacial score (nSPS) is 10.6. The highest BCUT2D eigenvalue weighted by atomic mass is 32.1. The number of carboxylic acid groups (broad SMARTS) is 1. The molecule has 0 radical (unpaired) electrons. The Morgan fingerprint density at radius 2 is 2.36 bits per heavy atom. The molecule has 0 aliphatic rings. The van der Waals surface area contributed by atoms with Crippen molar-refractivity contribution in [3.05, 3.63) is 21.9 Å². The van der Waals surface area contributed by atoms with Gasteiger partial charge in [0, 0.05) is 16.3 Å². The highest BCUT2D eigenvalue weighted by molar-refractivity contribution is 7.11. The third-order valence-corrected chi connectivity index (χ3v) is 2.44. The van der Waals surface area contributed by atoms with Crippen molar-refractivity contribution in [2.45, 2.75) is 13.2 Å². The van der Waals surface area contributed by atoms with Crippen LogP contribution in [0.4, 0.5) is 0 Å². The maximum absolute atomic E-state index is 10.0. The first kappa shape index (κ1) is 10.7. The average Bonchev–Trinajstić information content (AvgIpc) is 2.60. The van der Waals surface area contributed by atoms with Gasteiger partial charge >= 0.3 is 5.97 Å². The molecule has 0 aromatic carbocycles. The number of aliphatic carboxylic acids is 1. The number of oxime groups is 1. The second-order valence-corrected chi connectivity index (χ2v) is 3.67. The molecular weight excluding hydrogens is 204 g/mol. The van der Waals surface area contributed by atoms with E-state index in [-0.39, 0.29) is 6.61 Å². The van der Waals surface area contributed by atoms with Crippen molar-refractivity contribution in [1.29, 1.82) is 0 Å². The van der Waals surface area contributed by atoms with E-state index in [9.17, 15) is 4.79 Å². The standard InChI is InChI=1S/C8H10N2O3S/c9-3-6-1-2-7(14-6)5-13-10-4-8(11)12/h1-2,4H,3,5,9H2,(H,11,12). The SMILES string of the molecule is NCc1ccc(CON=CC(=O)O)s1. The number of thiophene rings is 1. The van der Waals surface area contributed by atoms with E-state index in [0.717, 1.165) is 9.75 Å². The lowest BCUT2D eigenvalue weighted by Gasteiger charge is -1.93. The maximum atomic E-state index is 10.0. The van der Waals surface area contributed by atoms with Gasteiger partial charge in [0.2, 0.25) is 0 Å². The Kier molecular flexibility index (Phi) is 4.09. The molecule has 76 valence electrons. The van der Waals surface area contributed by atoms with Gasteiger partial charge in [-0.15, -0.1) is 11.3 Å². The number of nitrogens with zero attached hydrogens (tertiary/aromatic N) is 1. The molecule has 0 bridgehead atoms. The van der Waals surface area contributed by atoms with Gasteiger partial charge in [0.25, 0.3) is 0 Å². The predicted octanol–water partition coefficient (Wildman–Crippen LogP) is 0.794. The van der Waals surface area contributed by atoms with Crippen molar-refractivity contribution in [3.8, 4) is 0 Å². The van der Waals surface area contributed by atoms with Crippen LogP contribution < -0.4 is 5.73 Å². The summed E-state index contributed by atoms with van der Waals surface area (Å²) in [4.78, 5) is 16.8. The highest BCUT2D eigenvalue weighted by Crippen LogP contribution is 2.16. The molecule has 3 N–H and O–H groups in total. The monoisotopic (exact) mass is 214 g/mol. The van der Waals surface area contributed by atoms with Crippen LogP contribution in [0.2, 0.25) is 0 Å². The Labute approximate surface area is 84.8 Å². The van der Waals surface area contributed by atoms with Gasteiger partial charge in [-0.2, -0.15) is 0 Å². The molecule has 0 atom stereocenters. The van der Waals surface area contributed by atoms with E-state index in [1.807, 2.05) is 12.1 Å². The van der Waals surface area contributed by atoms with Gasteiger partial charge in [-0.05, 0) is 12.1 Å². The number of carbonyl (C=O) groups is 1. The third-order valence-electron chi connectivity index (χ3n) is 1.36. The molecule has 14 heavy (non-hydrogen) atoms. The third kappa shape index (κ3) is 3.55. The van der Waals surface area contributed by atoms with Crippen molar-refractivity contribution >= 4 is 23.5 Å². The molecule has 1 heterocycles. The van der Waals surface area contributed by atoms with Crippen LogP contribution in [0.25, 0.3) is 0 Å². The summed E-state index contributed by atoms with van der Waals surface area (Å²) in [5.74, 6) is -1.13. The van der Waals surface area contributed by atoms with Gasteiger partial charge in [0.05, 0.1) is 0 Å². The lowest BCUT2D eigenvalue weighted by molar-refractivity contribution is -0.129. The van der Waals surface area contributed by atoms with E-state index >= 15 is 0 Å². The van der Waals surface area contributed by atoms with Crippen LogP contribution in [-0.4, -0.2) is 17.3 Å². The first-order valence-electron chi connectivity index (χ1n) is 3.88. The van der Waals surface area contributed by atoms with Crippen molar-refractivity contribution in [1.82, 2.24) is 0 Å². The smallest absolute Gasteiger partial charge is 0.350 e. The lowest BCUT2D eigenvalue weighted by atomic mass is 10.4. The molecular formula is C8H10N2O3S. The highest BCUT2D eigenvalue weighted by Gasteiger charge is 1.98. The largest absolute Gasteiger partial charge is 0.477 e. The van der Waals surface area contributed by atoms with E-state index in [4.69, 9.17) is 15.7 Å². The Hall–Kier alpha value is -1.40. The molecule has 6 heteroatoms. The van der Waals surface area contributed by atoms with E-state index in [1.165, 1.54) is 11.3 Å². The molecule has 1 aromatic heterocycles. The Morgan fingerprint density at radius 1 is 1.64 bits per heavy atom.